The fraction of sp³-hybridized carbons (Fsp3) is 0.538. The second kappa shape index (κ2) is 7.06. The van der Waals surface area contributed by atoms with Gasteiger partial charge in [0.25, 0.3) is 0 Å². The van der Waals surface area contributed by atoms with E-state index in [9.17, 15) is 4.91 Å². The smallest absolute Gasteiger partial charge is 0.157 e. The summed E-state index contributed by atoms with van der Waals surface area (Å²) in [6.45, 7) is 1.60. The molecule has 1 saturated heterocycles. The van der Waals surface area contributed by atoms with Crippen molar-refractivity contribution in [2.24, 2.45) is 5.18 Å². The molecule has 6 nitrogen and oxygen atoms in total. The molecule has 0 spiro atoms. The van der Waals surface area contributed by atoms with Gasteiger partial charge in [0, 0.05) is 12.7 Å². The summed E-state index contributed by atoms with van der Waals surface area (Å²) in [7, 11) is 0. The van der Waals surface area contributed by atoms with Crippen LogP contribution in [0.25, 0.3) is 0 Å². The molecule has 1 aliphatic heterocycles. The Balaban J connectivity index is 1.71. The molecule has 0 amide bonds. The van der Waals surface area contributed by atoms with Crippen LogP contribution in [-0.4, -0.2) is 26.1 Å². The zero-order valence-electron chi connectivity index (χ0n) is 10.7. The fourth-order valence-corrected chi connectivity index (χ4v) is 1.87. The Hall–Kier alpha value is -1.66. The van der Waals surface area contributed by atoms with Crippen LogP contribution in [0.4, 0.5) is 11.4 Å². The molecule has 0 bridgehead atoms. The lowest BCUT2D eigenvalue weighted by Gasteiger charge is -2.22. The summed E-state index contributed by atoms with van der Waals surface area (Å²) in [6.07, 6.45) is 3.05. The summed E-state index contributed by atoms with van der Waals surface area (Å²) in [6, 6.07) is 4.80. The highest BCUT2D eigenvalue weighted by atomic mass is 16.7. The standard InChI is InChI=1S/C13H18N2O4/c14-11-5-4-10(9-12(11)15-16)17-7-8-19-13-3-1-2-6-18-13/h4-5,9,13H,1-3,6-8,14H2. The van der Waals surface area contributed by atoms with E-state index in [0.717, 1.165) is 25.9 Å². The fourth-order valence-electron chi connectivity index (χ4n) is 1.87. The lowest BCUT2D eigenvalue weighted by molar-refractivity contribution is -0.165. The number of nitroso groups, excluding NO2 is 1. The highest BCUT2D eigenvalue weighted by Gasteiger charge is 2.13. The Kier molecular flexibility index (Phi) is 5.11. The first-order chi connectivity index (χ1) is 9.29. The van der Waals surface area contributed by atoms with Crippen molar-refractivity contribution in [3.8, 4) is 5.75 Å². The van der Waals surface area contributed by atoms with Gasteiger partial charge in [-0.1, -0.05) is 0 Å². The topological polar surface area (TPSA) is 83.1 Å². The number of benzene rings is 1. The maximum atomic E-state index is 10.5. The average molecular weight is 266 g/mol. The molecule has 1 fully saturated rings. The van der Waals surface area contributed by atoms with Crippen LogP contribution in [-0.2, 0) is 9.47 Å². The predicted octanol–water partition coefficient (Wildman–Crippen LogP) is 2.59. The third kappa shape index (κ3) is 4.18. The molecule has 0 saturated carbocycles. The van der Waals surface area contributed by atoms with Crippen LogP contribution >= 0.6 is 0 Å². The van der Waals surface area contributed by atoms with E-state index in [1.54, 1.807) is 12.1 Å². The first-order valence-electron chi connectivity index (χ1n) is 6.38. The van der Waals surface area contributed by atoms with E-state index in [2.05, 4.69) is 5.18 Å². The molecular weight excluding hydrogens is 248 g/mol. The quantitative estimate of drug-likeness (QED) is 0.486. The SMILES string of the molecule is Nc1ccc(OCCOC2CCCCO2)cc1N=O. The van der Waals surface area contributed by atoms with Crippen molar-refractivity contribution >= 4 is 11.4 Å². The Labute approximate surface area is 111 Å². The van der Waals surface area contributed by atoms with E-state index in [-0.39, 0.29) is 12.0 Å². The molecule has 1 unspecified atom stereocenters. The minimum atomic E-state index is -0.115. The van der Waals surface area contributed by atoms with E-state index < -0.39 is 0 Å². The van der Waals surface area contributed by atoms with Crippen molar-refractivity contribution < 1.29 is 14.2 Å². The van der Waals surface area contributed by atoms with E-state index >= 15 is 0 Å². The van der Waals surface area contributed by atoms with Gasteiger partial charge in [0.05, 0.1) is 12.3 Å². The first kappa shape index (κ1) is 13.8. The Morgan fingerprint density at radius 1 is 1.37 bits per heavy atom. The minimum Gasteiger partial charge on any atom is -0.491 e. The molecule has 0 aromatic heterocycles. The van der Waals surface area contributed by atoms with Crippen LogP contribution in [0.15, 0.2) is 23.4 Å². The Morgan fingerprint density at radius 2 is 2.26 bits per heavy atom. The van der Waals surface area contributed by atoms with Gasteiger partial charge >= 0.3 is 0 Å². The molecule has 19 heavy (non-hydrogen) atoms. The molecule has 6 heteroatoms. The van der Waals surface area contributed by atoms with Gasteiger partial charge in [0.1, 0.15) is 18.0 Å². The Bertz CT molecular complexity index is 419. The zero-order chi connectivity index (χ0) is 13.5. The van der Waals surface area contributed by atoms with Gasteiger partial charge in [0.15, 0.2) is 6.29 Å². The number of rotatable bonds is 6. The molecule has 0 aliphatic carbocycles. The van der Waals surface area contributed by atoms with E-state index in [0.29, 0.717) is 24.7 Å². The lowest BCUT2D eigenvalue weighted by atomic mass is 10.2. The summed E-state index contributed by atoms with van der Waals surface area (Å²) in [4.78, 5) is 10.5. The van der Waals surface area contributed by atoms with Gasteiger partial charge in [-0.05, 0) is 36.6 Å². The highest BCUT2D eigenvalue weighted by molar-refractivity contribution is 5.64. The van der Waals surface area contributed by atoms with Gasteiger partial charge in [0.2, 0.25) is 0 Å². The lowest BCUT2D eigenvalue weighted by Crippen LogP contribution is -2.24. The van der Waals surface area contributed by atoms with E-state index in [1.807, 2.05) is 0 Å². The van der Waals surface area contributed by atoms with Crippen LogP contribution in [0.1, 0.15) is 19.3 Å². The number of hydrogen-bond donors (Lipinski definition) is 1. The van der Waals surface area contributed by atoms with Crippen LogP contribution in [0, 0.1) is 4.91 Å². The third-order valence-corrected chi connectivity index (χ3v) is 2.89. The van der Waals surface area contributed by atoms with Crippen molar-refractivity contribution in [1.82, 2.24) is 0 Å². The third-order valence-electron chi connectivity index (χ3n) is 2.89. The molecule has 2 rings (SSSR count). The summed E-state index contributed by atoms with van der Waals surface area (Å²) < 4.78 is 16.4. The van der Waals surface area contributed by atoms with Crippen LogP contribution in [0.3, 0.4) is 0 Å². The molecule has 0 radical (unpaired) electrons. The number of nitrogens with zero attached hydrogens (tertiary/aromatic N) is 1. The van der Waals surface area contributed by atoms with E-state index in [4.69, 9.17) is 19.9 Å². The van der Waals surface area contributed by atoms with E-state index in [1.165, 1.54) is 6.07 Å². The van der Waals surface area contributed by atoms with Crippen molar-refractivity contribution in [3.63, 3.8) is 0 Å². The average Bonchev–Trinajstić information content (AvgIpc) is 2.46. The molecule has 1 aromatic carbocycles. The molecule has 1 atom stereocenters. The summed E-state index contributed by atoms with van der Waals surface area (Å²) in [5, 5.41) is 2.83. The largest absolute Gasteiger partial charge is 0.491 e. The van der Waals surface area contributed by atoms with Crippen molar-refractivity contribution in [1.29, 1.82) is 0 Å². The second-order valence-electron chi connectivity index (χ2n) is 4.33. The number of ether oxygens (including phenoxy) is 3. The highest BCUT2D eigenvalue weighted by Crippen LogP contribution is 2.26. The summed E-state index contributed by atoms with van der Waals surface area (Å²) in [5.41, 5.74) is 6.09. The van der Waals surface area contributed by atoms with Crippen LogP contribution in [0.5, 0.6) is 5.75 Å². The van der Waals surface area contributed by atoms with Crippen molar-refractivity contribution in [2.45, 2.75) is 25.6 Å². The molecule has 1 heterocycles. The normalized spacial score (nSPS) is 19.1. The van der Waals surface area contributed by atoms with Crippen molar-refractivity contribution in [2.75, 3.05) is 25.6 Å². The van der Waals surface area contributed by atoms with Gasteiger partial charge in [-0.15, -0.1) is 4.91 Å². The second-order valence-corrected chi connectivity index (χ2v) is 4.33. The maximum absolute atomic E-state index is 10.5. The molecule has 1 aromatic rings. The van der Waals surface area contributed by atoms with Crippen molar-refractivity contribution in [3.05, 3.63) is 23.1 Å². The molecule has 2 N–H and O–H groups in total. The molecular formula is C13H18N2O4. The zero-order valence-corrected chi connectivity index (χ0v) is 10.7. The number of nitrogens with two attached hydrogens (primary N) is 1. The van der Waals surface area contributed by atoms with Gasteiger partial charge in [-0.3, -0.25) is 0 Å². The summed E-state index contributed by atoms with van der Waals surface area (Å²) >= 11 is 0. The first-order valence-corrected chi connectivity index (χ1v) is 6.38. The predicted molar refractivity (Wildman–Crippen MR) is 71.3 cm³/mol. The molecule has 104 valence electrons. The van der Waals surface area contributed by atoms with Gasteiger partial charge in [-0.25, -0.2) is 0 Å². The van der Waals surface area contributed by atoms with Gasteiger partial charge in [-0.2, -0.15) is 0 Å². The molecule has 1 aliphatic rings. The maximum Gasteiger partial charge on any atom is 0.157 e. The van der Waals surface area contributed by atoms with Crippen LogP contribution in [0.2, 0.25) is 0 Å². The van der Waals surface area contributed by atoms with Crippen LogP contribution < -0.4 is 10.5 Å². The number of anilines is 1. The number of hydrogen-bond acceptors (Lipinski definition) is 6. The van der Waals surface area contributed by atoms with Gasteiger partial charge < -0.3 is 19.9 Å². The number of nitrogen functional groups attached to an aromatic ring is 1. The summed E-state index contributed by atoms with van der Waals surface area (Å²) in [5.74, 6) is 0.553. The monoisotopic (exact) mass is 266 g/mol. The minimum absolute atomic E-state index is 0.115. The Morgan fingerprint density at radius 3 is 3.00 bits per heavy atom.